The van der Waals surface area contributed by atoms with Crippen LogP contribution in [-0.4, -0.2) is 59.9 Å². The highest BCUT2D eigenvalue weighted by Crippen LogP contribution is 2.43. The van der Waals surface area contributed by atoms with Gasteiger partial charge in [0.2, 0.25) is 0 Å². The molecule has 0 aromatic rings. The van der Waals surface area contributed by atoms with Gasteiger partial charge in [-0.25, -0.2) is 4.57 Å². The van der Waals surface area contributed by atoms with E-state index in [0.29, 0.717) is 12.8 Å². The van der Waals surface area contributed by atoms with Gasteiger partial charge in [0.25, 0.3) is 0 Å². The van der Waals surface area contributed by atoms with Crippen LogP contribution in [0.2, 0.25) is 0 Å². The van der Waals surface area contributed by atoms with Crippen LogP contribution in [-0.2, 0) is 37.5 Å². The zero-order chi connectivity index (χ0) is 41.4. The highest BCUT2D eigenvalue weighted by molar-refractivity contribution is 7.47. The van der Waals surface area contributed by atoms with Crippen molar-refractivity contribution in [1.29, 1.82) is 0 Å². The summed E-state index contributed by atoms with van der Waals surface area (Å²) in [6.45, 7) is 2.79. The minimum Gasteiger partial charge on any atom is -0.480 e. The number of carboxylic acids is 1. The second-order valence-electron chi connectivity index (χ2n) is 15.2. The molecule has 0 aromatic carbocycles. The van der Waals surface area contributed by atoms with Crippen LogP contribution in [0.15, 0.2) is 24.3 Å². The Labute approximate surface area is 340 Å². The van der Waals surface area contributed by atoms with Gasteiger partial charge in [0.1, 0.15) is 12.6 Å². The summed E-state index contributed by atoms with van der Waals surface area (Å²) < 4.78 is 32.7. The standard InChI is InChI=1S/C44H82NO10P/c1-3-5-7-9-11-13-15-17-18-19-20-21-22-24-26-28-30-32-34-36-43(47)55-40(38-53-56(50,51)54-39-41(45)44(48)49)37-52-42(46)35-33-31-29-27-25-23-16-14-12-10-8-6-4-2/h11,13,17-18,40-41H,3-10,12,14-16,19-39,45H2,1-2H3,(H,48,49)(H,50,51)/b13-11-,18-17-/t40-,41+/m1/s1. The summed E-state index contributed by atoms with van der Waals surface area (Å²) in [4.78, 5) is 46.0. The predicted octanol–water partition coefficient (Wildman–Crippen LogP) is 11.8. The van der Waals surface area contributed by atoms with Crippen molar-refractivity contribution in [2.45, 2.75) is 219 Å². The molecule has 0 fully saturated rings. The second-order valence-corrected chi connectivity index (χ2v) is 16.6. The van der Waals surface area contributed by atoms with Gasteiger partial charge >= 0.3 is 25.7 Å². The predicted molar refractivity (Wildman–Crippen MR) is 226 cm³/mol. The number of hydrogen-bond donors (Lipinski definition) is 3. The van der Waals surface area contributed by atoms with Crippen molar-refractivity contribution in [2.24, 2.45) is 5.73 Å². The van der Waals surface area contributed by atoms with Crippen LogP contribution in [0.5, 0.6) is 0 Å². The van der Waals surface area contributed by atoms with Crippen LogP contribution < -0.4 is 5.73 Å². The SMILES string of the molecule is CCCCC/C=C\C/C=C\CCCCCCCCCCCC(=O)O[C@H](COC(=O)CCCCCCCCCCCCCCC)COP(=O)(O)OC[C@H](N)C(=O)O. The Balaban J connectivity index is 4.32. The number of ether oxygens (including phenoxy) is 2. The number of carboxylic acid groups (broad SMARTS) is 1. The van der Waals surface area contributed by atoms with Gasteiger partial charge in [-0.05, 0) is 44.9 Å². The number of aliphatic carboxylic acids is 1. The van der Waals surface area contributed by atoms with Gasteiger partial charge in [0.15, 0.2) is 6.10 Å². The van der Waals surface area contributed by atoms with Gasteiger partial charge in [-0.2, -0.15) is 0 Å². The highest BCUT2D eigenvalue weighted by atomic mass is 31.2. The lowest BCUT2D eigenvalue weighted by atomic mass is 10.0. The first-order valence-electron chi connectivity index (χ1n) is 22.4. The average Bonchev–Trinajstić information content (AvgIpc) is 3.17. The second kappa shape index (κ2) is 39.8. The zero-order valence-corrected chi connectivity index (χ0v) is 36.4. The molecule has 56 heavy (non-hydrogen) atoms. The van der Waals surface area contributed by atoms with Crippen LogP contribution in [0.3, 0.4) is 0 Å². The number of allylic oxidation sites excluding steroid dienone is 4. The number of carbonyl (C=O) groups is 3. The van der Waals surface area contributed by atoms with Crippen LogP contribution >= 0.6 is 7.82 Å². The Morgan fingerprint density at radius 3 is 1.43 bits per heavy atom. The molecule has 0 heterocycles. The lowest BCUT2D eigenvalue weighted by Crippen LogP contribution is -2.34. The Kier molecular flexibility index (Phi) is 38.3. The molecule has 0 rings (SSSR count). The maximum Gasteiger partial charge on any atom is 0.472 e. The van der Waals surface area contributed by atoms with Crippen LogP contribution in [0, 0.1) is 0 Å². The molecule has 0 saturated heterocycles. The van der Waals surface area contributed by atoms with Gasteiger partial charge in [-0.1, -0.05) is 173 Å². The molecule has 1 unspecified atom stereocenters. The lowest BCUT2D eigenvalue weighted by Gasteiger charge is -2.20. The molecule has 0 aliphatic carbocycles. The van der Waals surface area contributed by atoms with E-state index < -0.39 is 51.1 Å². The first kappa shape index (κ1) is 54.0. The van der Waals surface area contributed by atoms with Crippen molar-refractivity contribution < 1.29 is 47.5 Å². The largest absolute Gasteiger partial charge is 0.480 e. The summed E-state index contributed by atoms with van der Waals surface area (Å²) in [5, 5.41) is 8.89. The number of carbonyl (C=O) groups excluding carboxylic acids is 2. The fourth-order valence-corrected chi connectivity index (χ4v) is 6.93. The highest BCUT2D eigenvalue weighted by Gasteiger charge is 2.28. The number of esters is 2. The van der Waals surface area contributed by atoms with Gasteiger partial charge in [-0.15, -0.1) is 0 Å². The summed E-state index contributed by atoms with van der Waals surface area (Å²) >= 11 is 0. The van der Waals surface area contributed by atoms with E-state index in [1.165, 1.54) is 116 Å². The Morgan fingerprint density at radius 2 is 0.946 bits per heavy atom. The first-order chi connectivity index (χ1) is 27.1. The third-order valence-corrected chi connectivity index (χ3v) is 10.7. The van der Waals surface area contributed by atoms with Crippen molar-refractivity contribution >= 4 is 25.7 Å². The third-order valence-electron chi connectivity index (χ3n) is 9.70. The van der Waals surface area contributed by atoms with Crippen LogP contribution in [0.4, 0.5) is 0 Å². The molecule has 0 amide bonds. The van der Waals surface area contributed by atoms with E-state index >= 15 is 0 Å². The van der Waals surface area contributed by atoms with Gasteiger partial charge in [-0.3, -0.25) is 23.4 Å². The van der Waals surface area contributed by atoms with Gasteiger partial charge < -0.3 is 25.2 Å². The van der Waals surface area contributed by atoms with E-state index in [4.69, 9.17) is 24.8 Å². The molecule has 328 valence electrons. The molecule has 0 aliphatic heterocycles. The van der Waals surface area contributed by atoms with Crippen LogP contribution in [0.25, 0.3) is 0 Å². The van der Waals surface area contributed by atoms with E-state index in [-0.39, 0.29) is 19.4 Å². The fraction of sp³-hybridized carbons (Fsp3) is 0.841. The summed E-state index contributed by atoms with van der Waals surface area (Å²) in [6.07, 6.45) is 40.9. The van der Waals surface area contributed by atoms with E-state index in [1.807, 2.05) is 0 Å². The number of hydrogen-bond acceptors (Lipinski definition) is 9. The van der Waals surface area contributed by atoms with Gasteiger partial charge in [0, 0.05) is 12.8 Å². The molecule has 4 N–H and O–H groups in total. The van der Waals surface area contributed by atoms with Crippen molar-refractivity contribution in [1.82, 2.24) is 0 Å². The molecule has 0 saturated carbocycles. The monoisotopic (exact) mass is 816 g/mol. The van der Waals surface area contributed by atoms with Gasteiger partial charge in [0.05, 0.1) is 13.2 Å². The van der Waals surface area contributed by atoms with E-state index in [0.717, 1.165) is 51.4 Å². The third kappa shape index (κ3) is 38.8. The average molecular weight is 816 g/mol. The van der Waals surface area contributed by atoms with E-state index in [9.17, 15) is 23.8 Å². The number of phosphoric acid groups is 1. The number of unbranched alkanes of at least 4 members (excludes halogenated alkanes) is 24. The van der Waals surface area contributed by atoms with E-state index in [1.54, 1.807) is 0 Å². The summed E-state index contributed by atoms with van der Waals surface area (Å²) in [5.41, 5.74) is 5.33. The lowest BCUT2D eigenvalue weighted by molar-refractivity contribution is -0.161. The molecule has 0 aromatic heterocycles. The molecule has 12 heteroatoms. The maximum absolute atomic E-state index is 12.6. The molecular formula is C44H82NO10P. The van der Waals surface area contributed by atoms with Crippen molar-refractivity contribution in [2.75, 3.05) is 19.8 Å². The zero-order valence-electron chi connectivity index (χ0n) is 35.5. The maximum atomic E-state index is 12.6. The Morgan fingerprint density at radius 1 is 0.554 bits per heavy atom. The van der Waals surface area contributed by atoms with Crippen molar-refractivity contribution in [3.05, 3.63) is 24.3 Å². The topological polar surface area (TPSA) is 172 Å². The number of nitrogens with two attached hydrogens (primary N) is 1. The minimum absolute atomic E-state index is 0.159. The fourth-order valence-electron chi connectivity index (χ4n) is 6.15. The normalized spacial score (nSPS) is 13.9. The number of rotatable bonds is 42. The molecule has 0 spiro atoms. The van der Waals surface area contributed by atoms with Crippen molar-refractivity contribution in [3.8, 4) is 0 Å². The summed E-state index contributed by atoms with van der Waals surface area (Å²) in [7, 11) is -4.71. The Bertz CT molecular complexity index is 1050. The van der Waals surface area contributed by atoms with E-state index in [2.05, 4.69) is 42.7 Å². The summed E-state index contributed by atoms with van der Waals surface area (Å²) in [6, 6.07) is -1.52. The molecule has 0 radical (unpaired) electrons. The summed E-state index contributed by atoms with van der Waals surface area (Å²) in [5.74, 6) is -2.37. The molecular weight excluding hydrogens is 733 g/mol. The molecule has 11 nitrogen and oxygen atoms in total. The first-order valence-corrected chi connectivity index (χ1v) is 23.9. The van der Waals surface area contributed by atoms with Crippen molar-refractivity contribution in [3.63, 3.8) is 0 Å². The minimum atomic E-state index is -4.71. The molecule has 0 bridgehead atoms. The van der Waals surface area contributed by atoms with Crippen LogP contribution in [0.1, 0.15) is 206 Å². The quantitative estimate of drug-likeness (QED) is 0.0232. The smallest absolute Gasteiger partial charge is 0.472 e. The molecule has 0 aliphatic rings. The molecule has 3 atom stereocenters. The Hall–Kier alpha value is -2.04. The number of phosphoric ester groups is 1.